The van der Waals surface area contributed by atoms with Crippen molar-refractivity contribution in [1.29, 1.82) is 0 Å². The first-order valence-corrected chi connectivity index (χ1v) is 3.12. The van der Waals surface area contributed by atoms with E-state index in [0.717, 1.165) is 0 Å². The van der Waals surface area contributed by atoms with Gasteiger partial charge in [-0.25, -0.2) is 0 Å². The zero-order chi connectivity index (χ0) is 8.20. The van der Waals surface area contributed by atoms with Crippen LogP contribution in [-0.2, 0) is 14.2 Å². The van der Waals surface area contributed by atoms with Crippen LogP contribution in [0.15, 0.2) is 0 Å². The van der Waals surface area contributed by atoms with Crippen LogP contribution in [0.5, 0.6) is 0 Å². The summed E-state index contributed by atoms with van der Waals surface area (Å²) >= 11 is 0.453. The Labute approximate surface area is 99.3 Å². The number of hydrogen-bond acceptors (Lipinski definition) is 5. The van der Waals surface area contributed by atoms with Crippen molar-refractivity contribution in [2.75, 3.05) is 0 Å². The summed E-state index contributed by atoms with van der Waals surface area (Å²) in [4.78, 5) is 10.3. The average molecular weight is 420 g/mol. The van der Waals surface area contributed by atoms with Crippen molar-refractivity contribution in [3.05, 3.63) is 7.43 Å². The maximum atomic E-state index is 10.3. The number of hydrogen-bond donors (Lipinski definition) is 1. The van der Waals surface area contributed by atoms with Crippen LogP contribution >= 0.6 is 12.0 Å². The van der Waals surface area contributed by atoms with Crippen LogP contribution in [0.4, 0.5) is 0 Å². The van der Waals surface area contributed by atoms with E-state index in [1.807, 2.05) is 0 Å². The van der Waals surface area contributed by atoms with E-state index in [4.69, 9.17) is 5.11 Å². The molecule has 0 rings (SSSR count). The standard InChI is InChI=1S/C4H8O5S.CH3.U/c1-4(2,3(5)6)10-9-8-7;;/h7H,1-2H3,(H,5,6);1H3;/q;-1;/p-1. The molecule has 0 fully saturated rings. The minimum atomic E-state index is -1.16. The topological polar surface area (TPSA) is 78.8 Å². The minimum absolute atomic E-state index is 0. The Balaban J connectivity index is -0.000000405. The summed E-state index contributed by atoms with van der Waals surface area (Å²) in [6.45, 7) is 2.78. The number of rotatable bonds is 4. The van der Waals surface area contributed by atoms with Gasteiger partial charge in [0, 0.05) is 43.2 Å². The maximum Gasteiger partial charge on any atom is 0.321 e. The van der Waals surface area contributed by atoms with Crippen molar-refractivity contribution in [3.63, 3.8) is 0 Å². The molecule has 0 bridgehead atoms. The molecule has 0 unspecified atom stereocenters. The second-order valence-electron chi connectivity index (χ2n) is 2.03. The molecule has 72 valence electrons. The molecule has 0 heterocycles. The van der Waals surface area contributed by atoms with Crippen molar-refractivity contribution in [1.82, 2.24) is 0 Å². The molecule has 0 aliphatic carbocycles. The van der Waals surface area contributed by atoms with Gasteiger partial charge in [0.25, 0.3) is 0 Å². The van der Waals surface area contributed by atoms with Crippen LogP contribution in [0.25, 0.3) is 0 Å². The molecule has 12 heavy (non-hydrogen) atoms. The summed E-state index contributed by atoms with van der Waals surface area (Å²) in [6.07, 6.45) is 0. The Morgan fingerprint density at radius 1 is 1.58 bits per heavy atom. The molecule has 0 spiro atoms. The van der Waals surface area contributed by atoms with Gasteiger partial charge in [0.1, 0.15) is 4.75 Å². The Bertz CT molecular complexity index is 129. The van der Waals surface area contributed by atoms with Gasteiger partial charge in [-0.05, 0) is 13.8 Å². The van der Waals surface area contributed by atoms with Crippen LogP contribution in [0.2, 0.25) is 0 Å². The van der Waals surface area contributed by atoms with Crippen molar-refractivity contribution in [3.8, 4) is 0 Å². The van der Waals surface area contributed by atoms with Gasteiger partial charge >= 0.3 is 5.97 Å². The van der Waals surface area contributed by atoms with E-state index >= 15 is 0 Å². The normalized spacial score (nSPS) is 9.58. The van der Waals surface area contributed by atoms with Crippen molar-refractivity contribution in [2.24, 2.45) is 0 Å². The van der Waals surface area contributed by atoms with E-state index in [1.165, 1.54) is 13.8 Å². The zero-order valence-corrected chi connectivity index (χ0v) is 12.0. The third-order valence-corrected chi connectivity index (χ3v) is 1.50. The van der Waals surface area contributed by atoms with Crippen molar-refractivity contribution >= 4 is 18.0 Å². The van der Waals surface area contributed by atoms with E-state index in [-0.39, 0.29) is 38.5 Å². The predicted molar refractivity (Wildman–Crippen MR) is 37.9 cm³/mol. The fraction of sp³-hybridized carbons (Fsp3) is 0.600. The van der Waals surface area contributed by atoms with E-state index in [9.17, 15) is 10.1 Å². The smallest absolute Gasteiger partial charge is 0.321 e. The van der Waals surface area contributed by atoms with Crippen LogP contribution in [-0.4, -0.2) is 15.8 Å². The molecular formula is C5H10O5SU-2. The van der Waals surface area contributed by atoms with E-state index in [0.29, 0.717) is 12.0 Å². The Kier molecular flexibility index (Phi) is 12.9. The predicted octanol–water partition coefficient (Wildman–Crippen LogP) is 0.172. The zero-order valence-electron chi connectivity index (χ0n) is 6.99. The van der Waals surface area contributed by atoms with Gasteiger partial charge in [-0.2, -0.15) is 4.33 Å². The number of carboxylic acids is 1. The third kappa shape index (κ3) is 7.40. The third-order valence-electron chi connectivity index (χ3n) is 0.785. The molecule has 0 saturated carbocycles. The Morgan fingerprint density at radius 2 is 2.00 bits per heavy atom. The van der Waals surface area contributed by atoms with Crippen LogP contribution in [0, 0.1) is 38.5 Å². The molecule has 0 radical (unpaired) electrons. The Morgan fingerprint density at radius 3 is 2.25 bits per heavy atom. The molecule has 5 nitrogen and oxygen atoms in total. The Hall–Kier alpha value is 0.752. The molecular weight excluding hydrogens is 410 g/mol. The molecule has 0 amide bonds. The monoisotopic (exact) mass is 420 g/mol. The van der Waals surface area contributed by atoms with Crippen LogP contribution in [0.3, 0.4) is 0 Å². The summed E-state index contributed by atoms with van der Waals surface area (Å²) in [5, 5.41) is 20.7. The van der Waals surface area contributed by atoms with Crippen molar-refractivity contribution in [2.45, 2.75) is 18.6 Å². The van der Waals surface area contributed by atoms with E-state index in [2.05, 4.69) is 9.37 Å². The summed E-state index contributed by atoms with van der Waals surface area (Å²) < 4.78 is 2.68. The first kappa shape index (κ1) is 18.5. The SMILES string of the molecule is CC(C)(SOO[O-])C(=O)O.[CH3-].[U]. The number of carbonyl (C=O) groups is 1. The molecule has 0 aromatic heterocycles. The summed E-state index contributed by atoms with van der Waals surface area (Å²) in [5.41, 5.74) is 0. The van der Waals surface area contributed by atoms with E-state index < -0.39 is 10.7 Å². The van der Waals surface area contributed by atoms with Gasteiger partial charge in [0.15, 0.2) is 0 Å². The molecule has 0 aliphatic rings. The number of carboxylic acid groups (broad SMARTS) is 1. The summed E-state index contributed by atoms with van der Waals surface area (Å²) in [7, 11) is 0. The van der Waals surface area contributed by atoms with Gasteiger partial charge in [0.2, 0.25) is 0 Å². The average Bonchev–Trinajstić information content (AvgIpc) is 1.84. The van der Waals surface area contributed by atoms with Gasteiger partial charge in [0.05, 0.1) is 0 Å². The fourth-order valence-corrected chi connectivity index (χ4v) is 0.404. The van der Waals surface area contributed by atoms with Crippen LogP contribution in [0.1, 0.15) is 13.8 Å². The first-order chi connectivity index (χ1) is 4.50. The summed E-state index contributed by atoms with van der Waals surface area (Å²) in [6, 6.07) is 0. The van der Waals surface area contributed by atoms with Gasteiger partial charge in [-0.1, -0.05) is 0 Å². The fourth-order valence-electron chi connectivity index (χ4n) is 0.135. The number of aliphatic carboxylic acids is 1. The van der Waals surface area contributed by atoms with Gasteiger partial charge in [-0.3, -0.25) is 9.83 Å². The molecule has 0 aromatic carbocycles. The maximum absolute atomic E-state index is 10.3. The summed E-state index contributed by atoms with van der Waals surface area (Å²) in [5.74, 6) is -1.07. The molecule has 0 aromatic rings. The molecule has 0 aliphatic heterocycles. The second-order valence-corrected chi connectivity index (χ2v) is 3.36. The molecule has 1 N–H and O–H groups in total. The second kappa shape index (κ2) is 8.35. The largest absolute Gasteiger partial charge is 0.691 e. The van der Waals surface area contributed by atoms with Crippen molar-refractivity contribution < 1.29 is 55.6 Å². The first-order valence-electron chi connectivity index (χ1n) is 2.38. The molecule has 7 heteroatoms. The molecule has 0 saturated heterocycles. The van der Waals surface area contributed by atoms with Gasteiger partial charge < -0.3 is 17.8 Å². The van der Waals surface area contributed by atoms with E-state index in [1.54, 1.807) is 0 Å². The van der Waals surface area contributed by atoms with Crippen LogP contribution < -0.4 is 5.26 Å². The van der Waals surface area contributed by atoms with Gasteiger partial charge in [-0.15, -0.1) is 0 Å². The minimum Gasteiger partial charge on any atom is -0.691 e. The quantitative estimate of drug-likeness (QED) is 0.303. The molecule has 0 atom stereocenters.